The molecule has 0 spiro atoms. The summed E-state index contributed by atoms with van der Waals surface area (Å²) in [6, 6.07) is 6.58. The molecular formula is C14H20N2. The highest BCUT2D eigenvalue weighted by atomic mass is 15.1. The van der Waals surface area contributed by atoms with Gasteiger partial charge in [-0.25, -0.2) is 4.98 Å². The molecule has 0 saturated carbocycles. The molecule has 0 atom stereocenters. The lowest BCUT2D eigenvalue weighted by molar-refractivity contribution is 0.722. The lowest BCUT2D eigenvalue weighted by atomic mass is 10.0. The SMILES string of the molecule is CC(C)c1ccc2nc(C(C)C)n(C)c2c1. The standard InChI is InChI=1S/C14H20N2/c1-9(2)11-6-7-12-13(8-11)16(5)14(15-12)10(3)4/h6-10H,1-5H3. The molecule has 0 unspecified atom stereocenters. The average Bonchev–Trinajstić information content (AvgIpc) is 2.56. The summed E-state index contributed by atoms with van der Waals surface area (Å²) in [7, 11) is 2.11. The predicted octanol–water partition coefficient (Wildman–Crippen LogP) is 3.82. The molecule has 2 rings (SSSR count). The highest BCUT2D eigenvalue weighted by Crippen LogP contribution is 2.24. The number of imidazole rings is 1. The Morgan fingerprint density at radius 2 is 1.75 bits per heavy atom. The second kappa shape index (κ2) is 3.93. The van der Waals surface area contributed by atoms with Crippen LogP contribution in [0.5, 0.6) is 0 Å². The second-order valence-corrected chi connectivity index (χ2v) is 5.09. The van der Waals surface area contributed by atoms with Crippen LogP contribution >= 0.6 is 0 Å². The zero-order chi connectivity index (χ0) is 11.9. The van der Waals surface area contributed by atoms with Gasteiger partial charge < -0.3 is 4.57 Å². The molecule has 2 heteroatoms. The summed E-state index contributed by atoms with van der Waals surface area (Å²) in [5.41, 5.74) is 3.73. The second-order valence-electron chi connectivity index (χ2n) is 5.09. The number of hydrogen-bond donors (Lipinski definition) is 0. The molecule has 0 saturated heterocycles. The van der Waals surface area contributed by atoms with E-state index < -0.39 is 0 Å². The molecule has 0 bridgehead atoms. The molecule has 0 aliphatic carbocycles. The van der Waals surface area contributed by atoms with Gasteiger partial charge in [-0.2, -0.15) is 0 Å². The van der Waals surface area contributed by atoms with Crippen LogP contribution in [0.4, 0.5) is 0 Å². The molecule has 0 N–H and O–H groups in total. The van der Waals surface area contributed by atoms with E-state index >= 15 is 0 Å². The van der Waals surface area contributed by atoms with Crippen LogP contribution in [0, 0.1) is 0 Å². The Hall–Kier alpha value is -1.31. The van der Waals surface area contributed by atoms with Crippen molar-refractivity contribution in [2.45, 2.75) is 39.5 Å². The first-order valence-corrected chi connectivity index (χ1v) is 5.97. The van der Waals surface area contributed by atoms with E-state index in [4.69, 9.17) is 0 Å². The fourth-order valence-corrected chi connectivity index (χ4v) is 2.10. The van der Waals surface area contributed by atoms with E-state index in [0.717, 1.165) is 11.3 Å². The maximum atomic E-state index is 4.68. The minimum Gasteiger partial charge on any atom is -0.331 e. The van der Waals surface area contributed by atoms with Gasteiger partial charge in [-0.1, -0.05) is 33.8 Å². The van der Waals surface area contributed by atoms with Crippen molar-refractivity contribution in [3.8, 4) is 0 Å². The van der Waals surface area contributed by atoms with E-state index in [1.807, 2.05) is 0 Å². The normalized spacial score (nSPS) is 11.9. The molecule has 16 heavy (non-hydrogen) atoms. The molecule has 1 aromatic heterocycles. The largest absolute Gasteiger partial charge is 0.331 e. The number of aryl methyl sites for hydroxylation is 1. The number of benzene rings is 1. The topological polar surface area (TPSA) is 17.8 Å². The van der Waals surface area contributed by atoms with Crippen LogP contribution in [0.1, 0.15) is 50.9 Å². The maximum absolute atomic E-state index is 4.68. The first kappa shape index (κ1) is 11.2. The monoisotopic (exact) mass is 216 g/mol. The van der Waals surface area contributed by atoms with E-state index in [0.29, 0.717) is 11.8 Å². The van der Waals surface area contributed by atoms with Crippen LogP contribution in [0.3, 0.4) is 0 Å². The van der Waals surface area contributed by atoms with Gasteiger partial charge in [0.2, 0.25) is 0 Å². The Kier molecular flexibility index (Phi) is 2.75. The lowest BCUT2D eigenvalue weighted by Crippen LogP contribution is -1.99. The van der Waals surface area contributed by atoms with Crippen LogP contribution in [0.2, 0.25) is 0 Å². The summed E-state index contributed by atoms with van der Waals surface area (Å²) >= 11 is 0. The third-order valence-corrected chi connectivity index (χ3v) is 3.12. The molecule has 0 fully saturated rings. The first-order valence-electron chi connectivity index (χ1n) is 5.97. The maximum Gasteiger partial charge on any atom is 0.112 e. The third kappa shape index (κ3) is 1.73. The van der Waals surface area contributed by atoms with E-state index in [1.54, 1.807) is 0 Å². The van der Waals surface area contributed by atoms with Crippen molar-refractivity contribution < 1.29 is 0 Å². The summed E-state index contributed by atoms with van der Waals surface area (Å²) in [4.78, 5) is 4.68. The minimum absolute atomic E-state index is 0.472. The Morgan fingerprint density at radius 3 is 2.31 bits per heavy atom. The Labute approximate surface area is 97.3 Å². The van der Waals surface area contributed by atoms with Crippen LogP contribution < -0.4 is 0 Å². The fraction of sp³-hybridized carbons (Fsp3) is 0.500. The molecule has 1 heterocycles. The van der Waals surface area contributed by atoms with E-state index in [9.17, 15) is 0 Å². The average molecular weight is 216 g/mol. The fourth-order valence-electron chi connectivity index (χ4n) is 2.10. The zero-order valence-corrected chi connectivity index (χ0v) is 10.8. The number of aromatic nitrogens is 2. The molecule has 2 nitrogen and oxygen atoms in total. The Balaban J connectivity index is 2.64. The van der Waals surface area contributed by atoms with Crippen molar-refractivity contribution >= 4 is 11.0 Å². The highest BCUT2D eigenvalue weighted by molar-refractivity contribution is 5.77. The number of nitrogens with zero attached hydrogens (tertiary/aromatic N) is 2. The molecule has 0 radical (unpaired) electrons. The summed E-state index contributed by atoms with van der Waals surface area (Å²) < 4.78 is 2.21. The van der Waals surface area contributed by atoms with Gasteiger partial charge in [-0.15, -0.1) is 0 Å². The van der Waals surface area contributed by atoms with Gasteiger partial charge in [-0.3, -0.25) is 0 Å². The van der Waals surface area contributed by atoms with E-state index in [1.165, 1.54) is 11.1 Å². The zero-order valence-electron chi connectivity index (χ0n) is 10.8. The van der Waals surface area contributed by atoms with Gasteiger partial charge in [0.15, 0.2) is 0 Å². The van der Waals surface area contributed by atoms with Gasteiger partial charge in [0.25, 0.3) is 0 Å². The van der Waals surface area contributed by atoms with Gasteiger partial charge in [0, 0.05) is 13.0 Å². The summed E-state index contributed by atoms with van der Waals surface area (Å²) in [5.74, 6) is 2.21. The molecule has 1 aromatic carbocycles. The molecule has 0 amide bonds. The lowest BCUT2D eigenvalue weighted by Gasteiger charge is -2.07. The number of fused-ring (bicyclic) bond motifs is 1. The van der Waals surface area contributed by atoms with E-state index in [2.05, 4.69) is 62.5 Å². The predicted molar refractivity (Wildman–Crippen MR) is 68.9 cm³/mol. The molecule has 86 valence electrons. The van der Waals surface area contributed by atoms with Crippen molar-refractivity contribution in [1.29, 1.82) is 0 Å². The van der Waals surface area contributed by atoms with Crippen LogP contribution in [-0.4, -0.2) is 9.55 Å². The molecular weight excluding hydrogens is 196 g/mol. The summed E-state index contributed by atoms with van der Waals surface area (Å²) in [6.45, 7) is 8.82. The van der Waals surface area contributed by atoms with Gasteiger partial charge >= 0.3 is 0 Å². The number of hydrogen-bond acceptors (Lipinski definition) is 1. The van der Waals surface area contributed by atoms with Crippen LogP contribution in [0.25, 0.3) is 11.0 Å². The smallest absolute Gasteiger partial charge is 0.112 e. The molecule has 0 aliphatic rings. The first-order chi connectivity index (χ1) is 7.50. The molecule has 2 aromatic rings. The van der Waals surface area contributed by atoms with Crippen LogP contribution in [-0.2, 0) is 7.05 Å². The Morgan fingerprint density at radius 1 is 1.06 bits per heavy atom. The van der Waals surface area contributed by atoms with Crippen molar-refractivity contribution in [3.63, 3.8) is 0 Å². The van der Waals surface area contributed by atoms with E-state index in [-0.39, 0.29) is 0 Å². The van der Waals surface area contributed by atoms with Crippen molar-refractivity contribution in [3.05, 3.63) is 29.6 Å². The Bertz CT molecular complexity index is 507. The summed E-state index contributed by atoms with van der Waals surface area (Å²) in [6.07, 6.45) is 0. The summed E-state index contributed by atoms with van der Waals surface area (Å²) in [5, 5.41) is 0. The number of rotatable bonds is 2. The van der Waals surface area contributed by atoms with Gasteiger partial charge in [0.1, 0.15) is 5.82 Å². The molecule has 0 aliphatic heterocycles. The van der Waals surface area contributed by atoms with Crippen molar-refractivity contribution in [2.24, 2.45) is 7.05 Å². The van der Waals surface area contributed by atoms with Gasteiger partial charge in [0.05, 0.1) is 11.0 Å². The highest BCUT2D eigenvalue weighted by Gasteiger charge is 2.11. The third-order valence-electron chi connectivity index (χ3n) is 3.12. The quantitative estimate of drug-likeness (QED) is 0.746. The minimum atomic E-state index is 0.472. The van der Waals surface area contributed by atoms with Crippen molar-refractivity contribution in [2.75, 3.05) is 0 Å². The van der Waals surface area contributed by atoms with Crippen molar-refractivity contribution in [1.82, 2.24) is 9.55 Å². The van der Waals surface area contributed by atoms with Crippen LogP contribution in [0.15, 0.2) is 18.2 Å². The van der Waals surface area contributed by atoms with Gasteiger partial charge in [-0.05, 0) is 23.6 Å².